The quantitative estimate of drug-likeness (QED) is 0.776. The minimum atomic E-state index is -3.82. The van der Waals surface area contributed by atoms with E-state index in [-0.39, 0.29) is 16.5 Å². The number of benzene rings is 2. The van der Waals surface area contributed by atoms with Gasteiger partial charge in [0.25, 0.3) is 10.0 Å². The molecule has 0 fully saturated rings. The highest BCUT2D eigenvalue weighted by atomic mass is 35.5. The van der Waals surface area contributed by atoms with Crippen molar-refractivity contribution in [2.75, 3.05) is 10.8 Å². The summed E-state index contributed by atoms with van der Waals surface area (Å²) in [4.78, 5) is -0.0292. The molecule has 0 aliphatic heterocycles. The maximum atomic E-state index is 12.8. The summed E-state index contributed by atoms with van der Waals surface area (Å²) in [6.45, 7) is 1.97. The van der Waals surface area contributed by atoms with Gasteiger partial charge in [-0.3, -0.25) is 4.31 Å². The van der Waals surface area contributed by atoms with Crippen molar-refractivity contribution >= 4 is 50.5 Å². The predicted molar refractivity (Wildman–Crippen MR) is 88.1 cm³/mol. The maximum Gasteiger partial charge on any atom is 0.265 e. The second-order valence-electron chi connectivity index (χ2n) is 4.22. The molecular formula is C14H12Cl3NO2S. The third-order valence-electron chi connectivity index (χ3n) is 2.84. The summed E-state index contributed by atoms with van der Waals surface area (Å²) in [7, 11) is -3.82. The van der Waals surface area contributed by atoms with Crippen molar-refractivity contribution in [1.29, 1.82) is 0 Å². The van der Waals surface area contributed by atoms with E-state index in [9.17, 15) is 8.42 Å². The van der Waals surface area contributed by atoms with E-state index < -0.39 is 10.0 Å². The van der Waals surface area contributed by atoms with Gasteiger partial charge in [-0.1, -0.05) is 40.9 Å². The Morgan fingerprint density at radius 3 is 2.29 bits per heavy atom. The van der Waals surface area contributed by atoms with Crippen molar-refractivity contribution < 1.29 is 8.42 Å². The predicted octanol–water partition coefficient (Wildman–Crippen LogP) is 4.86. The molecule has 2 aromatic carbocycles. The van der Waals surface area contributed by atoms with Crippen LogP contribution in [0.15, 0.2) is 47.4 Å². The van der Waals surface area contributed by atoms with Gasteiger partial charge in [0.05, 0.1) is 10.7 Å². The highest BCUT2D eigenvalue weighted by Gasteiger charge is 2.26. The Balaban J connectivity index is 2.57. The number of anilines is 1. The van der Waals surface area contributed by atoms with E-state index in [1.807, 2.05) is 0 Å². The summed E-state index contributed by atoms with van der Waals surface area (Å²) in [5, 5.41) is 0.887. The molecule has 112 valence electrons. The van der Waals surface area contributed by atoms with Crippen molar-refractivity contribution in [3.63, 3.8) is 0 Å². The van der Waals surface area contributed by atoms with Gasteiger partial charge in [0.15, 0.2) is 0 Å². The lowest BCUT2D eigenvalue weighted by atomic mass is 10.3. The molecule has 0 aliphatic rings. The average Bonchev–Trinajstić information content (AvgIpc) is 2.42. The summed E-state index contributed by atoms with van der Waals surface area (Å²) in [6, 6.07) is 11.0. The highest BCUT2D eigenvalue weighted by Crippen LogP contribution is 2.31. The minimum absolute atomic E-state index is 0.0292. The summed E-state index contributed by atoms with van der Waals surface area (Å²) < 4.78 is 26.8. The summed E-state index contributed by atoms with van der Waals surface area (Å²) >= 11 is 17.8. The number of nitrogens with zero attached hydrogens (tertiary/aromatic N) is 1. The molecule has 0 amide bonds. The number of hydrogen-bond donors (Lipinski definition) is 0. The van der Waals surface area contributed by atoms with E-state index in [1.54, 1.807) is 37.3 Å². The van der Waals surface area contributed by atoms with Gasteiger partial charge in [-0.05, 0) is 43.3 Å². The lowest BCUT2D eigenvalue weighted by Crippen LogP contribution is -2.31. The Morgan fingerprint density at radius 1 is 1.00 bits per heavy atom. The molecule has 0 atom stereocenters. The normalized spacial score (nSPS) is 11.4. The second kappa shape index (κ2) is 6.44. The SMILES string of the molecule is CCN(c1cccc(Cl)c1)S(=O)(=O)c1cc(Cl)ccc1Cl. The maximum absolute atomic E-state index is 12.8. The van der Waals surface area contributed by atoms with Crippen molar-refractivity contribution in [3.8, 4) is 0 Å². The van der Waals surface area contributed by atoms with Crippen LogP contribution in [-0.2, 0) is 10.0 Å². The Bertz CT molecular complexity index is 763. The van der Waals surface area contributed by atoms with Crippen LogP contribution in [0.1, 0.15) is 6.92 Å². The molecule has 21 heavy (non-hydrogen) atoms. The van der Waals surface area contributed by atoms with Crippen LogP contribution in [-0.4, -0.2) is 15.0 Å². The molecule has 2 rings (SSSR count). The van der Waals surface area contributed by atoms with Gasteiger partial charge in [0, 0.05) is 16.6 Å². The lowest BCUT2D eigenvalue weighted by molar-refractivity contribution is 0.592. The second-order valence-corrected chi connectivity index (χ2v) is 7.34. The van der Waals surface area contributed by atoms with E-state index in [4.69, 9.17) is 34.8 Å². The Hall–Kier alpha value is -0.940. The van der Waals surface area contributed by atoms with Crippen LogP contribution < -0.4 is 4.31 Å². The molecule has 0 aliphatic carbocycles. The largest absolute Gasteiger partial charge is 0.267 e. The van der Waals surface area contributed by atoms with Gasteiger partial charge < -0.3 is 0 Å². The molecular weight excluding hydrogens is 353 g/mol. The van der Waals surface area contributed by atoms with Crippen molar-refractivity contribution in [3.05, 3.63) is 57.5 Å². The van der Waals surface area contributed by atoms with E-state index in [1.165, 1.54) is 16.4 Å². The molecule has 0 radical (unpaired) electrons. The molecule has 0 unspecified atom stereocenters. The van der Waals surface area contributed by atoms with Gasteiger partial charge in [-0.25, -0.2) is 8.42 Å². The van der Waals surface area contributed by atoms with E-state index in [0.29, 0.717) is 15.7 Å². The summed E-state index contributed by atoms with van der Waals surface area (Å²) in [5.41, 5.74) is 0.473. The van der Waals surface area contributed by atoms with Gasteiger partial charge in [-0.15, -0.1) is 0 Å². The molecule has 0 saturated carbocycles. The molecule has 0 N–H and O–H groups in total. The lowest BCUT2D eigenvalue weighted by Gasteiger charge is -2.23. The van der Waals surface area contributed by atoms with Crippen LogP contribution in [0.25, 0.3) is 0 Å². The Kier molecular flexibility index (Phi) is 5.04. The van der Waals surface area contributed by atoms with Crippen LogP contribution in [0.4, 0.5) is 5.69 Å². The minimum Gasteiger partial charge on any atom is -0.267 e. The Labute approximate surface area is 139 Å². The summed E-state index contributed by atoms with van der Waals surface area (Å²) in [6.07, 6.45) is 0. The summed E-state index contributed by atoms with van der Waals surface area (Å²) in [5.74, 6) is 0. The number of sulfonamides is 1. The van der Waals surface area contributed by atoms with Crippen molar-refractivity contribution in [2.24, 2.45) is 0 Å². The first-order valence-corrected chi connectivity index (χ1v) is 8.67. The molecule has 3 nitrogen and oxygen atoms in total. The molecule has 0 saturated heterocycles. The third kappa shape index (κ3) is 3.46. The molecule has 7 heteroatoms. The van der Waals surface area contributed by atoms with Crippen LogP contribution in [0.5, 0.6) is 0 Å². The average molecular weight is 365 g/mol. The van der Waals surface area contributed by atoms with Crippen LogP contribution in [0.2, 0.25) is 15.1 Å². The van der Waals surface area contributed by atoms with Gasteiger partial charge in [-0.2, -0.15) is 0 Å². The molecule has 0 heterocycles. The fourth-order valence-electron chi connectivity index (χ4n) is 1.92. The highest BCUT2D eigenvalue weighted by molar-refractivity contribution is 7.93. The first-order valence-electron chi connectivity index (χ1n) is 6.09. The van der Waals surface area contributed by atoms with Gasteiger partial charge >= 0.3 is 0 Å². The molecule has 2 aromatic rings. The zero-order valence-electron chi connectivity index (χ0n) is 11.1. The monoisotopic (exact) mass is 363 g/mol. The van der Waals surface area contributed by atoms with Crippen LogP contribution in [0.3, 0.4) is 0 Å². The van der Waals surface area contributed by atoms with Crippen molar-refractivity contribution in [1.82, 2.24) is 0 Å². The fourth-order valence-corrected chi connectivity index (χ4v) is 4.31. The topological polar surface area (TPSA) is 37.4 Å². The zero-order chi connectivity index (χ0) is 15.6. The smallest absolute Gasteiger partial charge is 0.265 e. The van der Waals surface area contributed by atoms with Crippen LogP contribution in [0, 0.1) is 0 Å². The molecule has 0 spiro atoms. The zero-order valence-corrected chi connectivity index (χ0v) is 14.1. The van der Waals surface area contributed by atoms with Crippen LogP contribution >= 0.6 is 34.8 Å². The standard InChI is InChI=1S/C14H12Cl3NO2S/c1-2-18(12-5-3-4-10(15)8-12)21(19,20)14-9-11(16)6-7-13(14)17/h3-9H,2H2,1H3. The van der Waals surface area contributed by atoms with E-state index in [0.717, 1.165) is 0 Å². The number of halogens is 3. The number of hydrogen-bond acceptors (Lipinski definition) is 2. The van der Waals surface area contributed by atoms with Crippen molar-refractivity contribution in [2.45, 2.75) is 11.8 Å². The first-order chi connectivity index (χ1) is 9.86. The van der Waals surface area contributed by atoms with E-state index in [2.05, 4.69) is 0 Å². The van der Waals surface area contributed by atoms with Gasteiger partial charge in [0.2, 0.25) is 0 Å². The van der Waals surface area contributed by atoms with Gasteiger partial charge in [0.1, 0.15) is 4.90 Å². The Morgan fingerprint density at radius 2 is 1.67 bits per heavy atom. The first kappa shape index (κ1) is 16.4. The third-order valence-corrected chi connectivity index (χ3v) is 5.70. The molecule has 0 aromatic heterocycles. The van der Waals surface area contributed by atoms with E-state index >= 15 is 0 Å². The number of rotatable bonds is 4. The molecule has 0 bridgehead atoms. The fraction of sp³-hybridized carbons (Fsp3) is 0.143.